The average molecular weight is 264 g/mol. The van der Waals surface area contributed by atoms with Gasteiger partial charge in [0, 0.05) is 11.2 Å². The van der Waals surface area contributed by atoms with Crippen molar-refractivity contribution in [2.75, 3.05) is 5.32 Å². The minimum atomic E-state index is -0.383. The van der Waals surface area contributed by atoms with Gasteiger partial charge in [0.2, 0.25) is 0 Å². The summed E-state index contributed by atoms with van der Waals surface area (Å²) in [4.78, 5) is 15.7. The summed E-state index contributed by atoms with van der Waals surface area (Å²) >= 11 is 7.05. The summed E-state index contributed by atoms with van der Waals surface area (Å²) < 4.78 is 0. The van der Waals surface area contributed by atoms with E-state index in [9.17, 15) is 4.79 Å². The minimum absolute atomic E-state index is 0.217. The number of thiophene rings is 1. The first-order valence-corrected chi connectivity index (χ1v) is 5.87. The Morgan fingerprint density at radius 2 is 2.35 bits per heavy atom. The third-order valence-corrected chi connectivity index (χ3v) is 3.03. The number of carbonyl (C=O) groups excluding carboxylic acids is 1. The van der Waals surface area contributed by atoms with Gasteiger partial charge < -0.3 is 5.32 Å². The Bertz CT molecular complexity index is 603. The summed E-state index contributed by atoms with van der Waals surface area (Å²) in [5.41, 5.74) is 0.653. The maximum atomic E-state index is 11.8. The van der Waals surface area contributed by atoms with E-state index in [1.165, 1.54) is 23.6 Å². The Labute approximate surface area is 106 Å². The number of nitrogens with one attached hydrogen (secondary N) is 1. The quantitative estimate of drug-likeness (QED) is 0.906. The standard InChI is InChI=1S/C11H6ClN3OS/c12-8-1-3-14-9(5-8)10(16)15-11-7(6-13)2-4-17-11/h1-5H,(H,15,16). The number of hydrogen-bond acceptors (Lipinski definition) is 4. The summed E-state index contributed by atoms with van der Waals surface area (Å²) in [7, 11) is 0. The van der Waals surface area contributed by atoms with Crippen molar-refractivity contribution in [1.82, 2.24) is 4.98 Å². The third kappa shape index (κ3) is 2.61. The van der Waals surface area contributed by atoms with Gasteiger partial charge >= 0.3 is 0 Å². The largest absolute Gasteiger partial charge is 0.311 e. The van der Waals surface area contributed by atoms with E-state index in [-0.39, 0.29) is 11.6 Å². The first-order chi connectivity index (χ1) is 8.20. The van der Waals surface area contributed by atoms with E-state index in [1.54, 1.807) is 17.5 Å². The fraction of sp³-hybridized carbons (Fsp3) is 0. The van der Waals surface area contributed by atoms with Crippen LogP contribution in [0.15, 0.2) is 29.8 Å². The van der Waals surface area contributed by atoms with Crippen LogP contribution in [0, 0.1) is 11.3 Å². The van der Waals surface area contributed by atoms with Crippen LogP contribution < -0.4 is 5.32 Å². The van der Waals surface area contributed by atoms with E-state index in [0.717, 1.165) is 0 Å². The SMILES string of the molecule is N#Cc1ccsc1NC(=O)c1cc(Cl)ccn1. The Morgan fingerprint density at radius 1 is 1.53 bits per heavy atom. The maximum Gasteiger partial charge on any atom is 0.274 e. The number of aromatic nitrogens is 1. The van der Waals surface area contributed by atoms with Gasteiger partial charge in [0.05, 0.1) is 5.56 Å². The Morgan fingerprint density at radius 3 is 3.06 bits per heavy atom. The van der Waals surface area contributed by atoms with Crippen molar-refractivity contribution in [2.24, 2.45) is 0 Å². The van der Waals surface area contributed by atoms with E-state index in [1.807, 2.05) is 6.07 Å². The van der Waals surface area contributed by atoms with Gasteiger partial charge in [-0.3, -0.25) is 9.78 Å². The highest BCUT2D eigenvalue weighted by Crippen LogP contribution is 2.22. The molecule has 0 radical (unpaired) electrons. The summed E-state index contributed by atoms with van der Waals surface area (Å²) in [5.74, 6) is -0.383. The molecule has 0 fully saturated rings. The number of pyridine rings is 1. The molecular formula is C11H6ClN3OS. The number of amides is 1. The topological polar surface area (TPSA) is 65.8 Å². The molecule has 4 nitrogen and oxygen atoms in total. The van der Waals surface area contributed by atoms with Crippen LogP contribution in [0.4, 0.5) is 5.00 Å². The molecule has 0 aliphatic heterocycles. The van der Waals surface area contributed by atoms with Crippen molar-refractivity contribution in [3.8, 4) is 6.07 Å². The van der Waals surface area contributed by atoms with Crippen molar-refractivity contribution in [3.63, 3.8) is 0 Å². The van der Waals surface area contributed by atoms with E-state index in [0.29, 0.717) is 15.6 Å². The lowest BCUT2D eigenvalue weighted by molar-refractivity contribution is 0.102. The zero-order chi connectivity index (χ0) is 12.3. The lowest BCUT2D eigenvalue weighted by Gasteiger charge is -2.02. The van der Waals surface area contributed by atoms with Crippen molar-refractivity contribution in [3.05, 3.63) is 46.1 Å². The lowest BCUT2D eigenvalue weighted by atomic mass is 10.3. The lowest BCUT2D eigenvalue weighted by Crippen LogP contribution is -2.13. The molecule has 1 N–H and O–H groups in total. The highest BCUT2D eigenvalue weighted by molar-refractivity contribution is 7.14. The van der Waals surface area contributed by atoms with Crippen LogP contribution in [-0.4, -0.2) is 10.9 Å². The highest BCUT2D eigenvalue weighted by Gasteiger charge is 2.11. The number of nitriles is 1. The number of carbonyl (C=O) groups is 1. The van der Waals surface area contributed by atoms with Crippen LogP contribution in [0.2, 0.25) is 5.02 Å². The zero-order valence-electron chi connectivity index (χ0n) is 8.48. The monoisotopic (exact) mass is 263 g/mol. The van der Waals surface area contributed by atoms with E-state index in [2.05, 4.69) is 10.3 Å². The number of nitrogens with zero attached hydrogens (tertiary/aromatic N) is 2. The molecule has 0 aliphatic rings. The zero-order valence-corrected chi connectivity index (χ0v) is 10.0. The molecule has 0 saturated heterocycles. The highest BCUT2D eigenvalue weighted by atomic mass is 35.5. The molecule has 84 valence electrons. The first kappa shape index (κ1) is 11.6. The third-order valence-electron chi connectivity index (χ3n) is 1.97. The van der Waals surface area contributed by atoms with Crippen molar-refractivity contribution < 1.29 is 4.79 Å². The molecule has 0 aliphatic carbocycles. The minimum Gasteiger partial charge on any atom is -0.311 e. The normalized spacial score (nSPS) is 9.65. The first-order valence-electron chi connectivity index (χ1n) is 4.61. The van der Waals surface area contributed by atoms with Crippen molar-refractivity contribution >= 4 is 33.8 Å². The molecule has 2 rings (SSSR count). The van der Waals surface area contributed by atoms with Gasteiger partial charge in [0.1, 0.15) is 16.8 Å². The predicted molar refractivity (Wildman–Crippen MR) is 66.2 cm³/mol. The number of hydrogen-bond donors (Lipinski definition) is 1. The van der Waals surface area contributed by atoms with Crippen LogP contribution in [0.3, 0.4) is 0 Å². The van der Waals surface area contributed by atoms with E-state index in [4.69, 9.17) is 16.9 Å². The molecule has 6 heteroatoms. The summed E-state index contributed by atoms with van der Waals surface area (Å²) in [5, 5.41) is 14.1. The smallest absolute Gasteiger partial charge is 0.274 e. The van der Waals surface area contributed by atoms with Gasteiger partial charge in [0.25, 0.3) is 5.91 Å². The van der Waals surface area contributed by atoms with Gasteiger partial charge in [-0.05, 0) is 23.6 Å². The van der Waals surface area contributed by atoms with E-state index >= 15 is 0 Å². The average Bonchev–Trinajstić information content (AvgIpc) is 2.76. The van der Waals surface area contributed by atoms with Crippen LogP contribution >= 0.6 is 22.9 Å². The van der Waals surface area contributed by atoms with Gasteiger partial charge in [-0.25, -0.2) is 0 Å². The molecular weight excluding hydrogens is 258 g/mol. The van der Waals surface area contributed by atoms with Crippen molar-refractivity contribution in [1.29, 1.82) is 5.26 Å². The van der Waals surface area contributed by atoms with Crippen LogP contribution in [0.1, 0.15) is 16.1 Å². The summed E-state index contributed by atoms with van der Waals surface area (Å²) in [6.07, 6.45) is 1.46. The molecule has 17 heavy (non-hydrogen) atoms. The van der Waals surface area contributed by atoms with Gasteiger partial charge in [0.15, 0.2) is 0 Å². The fourth-order valence-corrected chi connectivity index (χ4v) is 2.08. The molecule has 0 saturated carbocycles. The molecule has 2 heterocycles. The second-order valence-electron chi connectivity index (χ2n) is 3.09. The molecule has 0 bridgehead atoms. The summed E-state index contributed by atoms with van der Waals surface area (Å²) in [6, 6.07) is 6.69. The molecule has 1 amide bonds. The van der Waals surface area contributed by atoms with Crippen LogP contribution in [0.25, 0.3) is 0 Å². The summed E-state index contributed by atoms with van der Waals surface area (Å²) in [6.45, 7) is 0. The van der Waals surface area contributed by atoms with Gasteiger partial charge in [-0.15, -0.1) is 11.3 Å². The Balaban J connectivity index is 2.21. The predicted octanol–water partition coefficient (Wildman–Crippen LogP) is 2.92. The number of rotatable bonds is 2. The van der Waals surface area contributed by atoms with Crippen LogP contribution in [-0.2, 0) is 0 Å². The van der Waals surface area contributed by atoms with Gasteiger partial charge in [-0.1, -0.05) is 11.6 Å². The Kier molecular flexibility index (Phi) is 3.38. The van der Waals surface area contributed by atoms with Crippen LogP contribution in [0.5, 0.6) is 0 Å². The fourth-order valence-electron chi connectivity index (χ4n) is 1.19. The molecule has 0 spiro atoms. The second kappa shape index (κ2) is 4.95. The molecule has 0 atom stereocenters. The maximum absolute atomic E-state index is 11.8. The van der Waals surface area contributed by atoms with E-state index < -0.39 is 0 Å². The van der Waals surface area contributed by atoms with Crippen molar-refractivity contribution in [2.45, 2.75) is 0 Å². The molecule has 2 aromatic heterocycles. The number of halogens is 1. The molecule has 0 aromatic carbocycles. The molecule has 0 unspecified atom stereocenters. The van der Waals surface area contributed by atoms with Gasteiger partial charge in [-0.2, -0.15) is 5.26 Å². The molecule has 2 aromatic rings. The number of anilines is 1. The Hall–Kier alpha value is -1.90. The second-order valence-corrected chi connectivity index (χ2v) is 4.44.